The van der Waals surface area contributed by atoms with Gasteiger partial charge in [-0.3, -0.25) is 4.79 Å². The van der Waals surface area contributed by atoms with Gasteiger partial charge in [-0.25, -0.2) is 13.6 Å². The normalized spacial score (nSPS) is 17.9. The van der Waals surface area contributed by atoms with Gasteiger partial charge in [-0.2, -0.15) is 0 Å². The molecule has 2 amide bonds. The van der Waals surface area contributed by atoms with Crippen LogP contribution in [0.2, 0.25) is 0 Å². The lowest BCUT2D eigenvalue weighted by Crippen LogP contribution is -2.43. The largest absolute Gasteiger partial charge is 0.497 e. The van der Waals surface area contributed by atoms with E-state index in [1.807, 2.05) is 0 Å². The number of halogens is 2. The maximum atomic E-state index is 14.5. The first-order valence-corrected chi connectivity index (χ1v) is 9.38. The number of amides is 2. The van der Waals surface area contributed by atoms with Gasteiger partial charge in [0.05, 0.1) is 13.7 Å². The van der Waals surface area contributed by atoms with Gasteiger partial charge in [-0.05, 0) is 24.6 Å². The molecular weight excluding hydrogens is 398 g/mol. The molecule has 1 heterocycles. The highest BCUT2D eigenvalue weighted by molar-refractivity contribution is 5.89. The molecule has 160 valence electrons. The van der Waals surface area contributed by atoms with E-state index in [4.69, 9.17) is 14.2 Å². The molecular formula is C21H22F2N2O5. The van der Waals surface area contributed by atoms with E-state index in [0.717, 1.165) is 12.1 Å². The highest BCUT2D eigenvalue weighted by atomic mass is 19.1. The first-order valence-electron chi connectivity index (χ1n) is 9.38. The summed E-state index contributed by atoms with van der Waals surface area (Å²) >= 11 is 0. The number of hydrogen-bond acceptors (Lipinski definition) is 5. The fourth-order valence-electron chi connectivity index (χ4n) is 3.26. The van der Waals surface area contributed by atoms with Crippen molar-refractivity contribution < 1.29 is 32.6 Å². The Bertz CT molecular complexity index is 897. The van der Waals surface area contributed by atoms with E-state index in [2.05, 4.69) is 10.6 Å². The summed E-state index contributed by atoms with van der Waals surface area (Å²) < 4.78 is 44.4. The number of ether oxygens (including phenoxy) is 3. The van der Waals surface area contributed by atoms with Crippen LogP contribution in [0.25, 0.3) is 0 Å². The molecule has 30 heavy (non-hydrogen) atoms. The van der Waals surface area contributed by atoms with Crippen LogP contribution in [0.5, 0.6) is 11.5 Å². The van der Waals surface area contributed by atoms with Crippen molar-refractivity contribution in [3.63, 3.8) is 0 Å². The summed E-state index contributed by atoms with van der Waals surface area (Å²) in [4.78, 5) is 24.3. The second-order valence-corrected chi connectivity index (χ2v) is 6.63. The van der Waals surface area contributed by atoms with Crippen molar-refractivity contribution in [2.24, 2.45) is 0 Å². The van der Waals surface area contributed by atoms with Gasteiger partial charge in [-0.1, -0.05) is 12.1 Å². The summed E-state index contributed by atoms with van der Waals surface area (Å²) in [6, 6.07) is 7.83. The lowest BCUT2D eigenvalue weighted by molar-refractivity contribution is -0.120. The van der Waals surface area contributed by atoms with Gasteiger partial charge in [0.1, 0.15) is 35.8 Å². The number of methoxy groups -OCH3 is 1. The summed E-state index contributed by atoms with van der Waals surface area (Å²) in [5, 5.41) is 4.92. The predicted octanol–water partition coefficient (Wildman–Crippen LogP) is 2.88. The summed E-state index contributed by atoms with van der Waals surface area (Å²) in [5.41, 5.74) is 0.416. The van der Waals surface area contributed by atoms with Crippen LogP contribution in [0, 0.1) is 11.6 Å². The Kier molecular flexibility index (Phi) is 6.71. The van der Waals surface area contributed by atoms with E-state index >= 15 is 0 Å². The molecule has 2 atom stereocenters. The van der Waals surface area contributed by atoms with Gasteiger partial charge in [-0.15, -0.1) is 0 Å². The fourth-order valence-corrected chi connectivity index (χ4v) is 3.26. The molecule has 0 spiro atoms. The summed E-state index contributed by atoms with van der Waals surface area (Å²) in [7, 11) is 1.54. The zero-order valence-corrected chi connectivity index (χ0v) is 16.5. The molecule has 2 aromatic rings. The van der Waals surface area contributed by atoms with Crippen molar-refractivity contribution in [1.29, 1.82) is 0 Å². The first kappa shape index (κ1) is 21.4. The highest BCUT2D eigenvalue weighted by Crippen LogP contribution is 2.31. The van der Waals surface area contributed by atoms with Crippen LogP contribution in [0.4, 0.5) is 13.6 Å². The smallest absolute Gasteiger partial charge is 0.408 e. The molecule has 2 aromatic carbocycles. The Morgan fingerprint density at radius 3 is 2.43 bits per heavy atom. The average Bonchev–Trinajstić information content (AvgIpc) is 3.06. The van der Waals surface area contributed by atoms with E-state index in [1.54, 1.807) is 31.2 Å². The minimum Gasteiger partial charge on any atom is -0.497 e. The van der Waals surface area contributed by atoms with Crippen molar-refractivity contribution in [2.45, 2.75) is 25.5 Å². The van der Waals surface area contributed by atoms with Crippen molar-refractivity contribution >= 4 is 12.0 Å². The number of benzene rings is 2. The number of rotatable bonds is 7. The molecule has 0 bridgehead atoms. The molecule has 7 nitrogen and oxygen atoms in total. The number of carbonyl (C=O) groups excluding carboxylic acids is 2. The summed E-state index contributed by atoms with van der Waals surface area (Å²) in [5.74, 6) is -2.46. The molecule has 1 aliphatic heterocycles. The number of nitrogens with one attached hydrogen (secondary N) is 2. The molecule has 1 fully saturated rings. The first-order chi connectivity index (χ1) is 14.4. The van der Waals surface area contributed by atoms with Crippen LogP contribution in [0.15, 0.2) is 36.4 Å². The molecule has 9 heteroatoms. The van der Waals surface area contributed by atoms with Gasteiger partial charge in [0.15, 0.2) is 0 Å². The van der Waals surface area contributed by atoms with Crippen molar-refractivity contribution in [3.05, 3.63) is 59.2 Å². The zero-order valence-electron chi connectivity index (χ0n) is 16.5. The molecule has 0 unspecified atom stereocenters. The standard InChI is InChI=1S/C21H22F2N2O5/c1-3-29-14-8-16(22)18(17(23)9-14)15-10-24-20(26)19(15)25-21(27)30-11-12-4-6-13(28-2)7-5-12/h4-9,15,19H,3,10-11H2,1-2H3,(H,24,26)(H,25,27)/t15-,19-/m0/s1. The minimum atomic E-state index is -1.17. The lowest BCUT2D eigenvalue weighted by Gasteiger charge is -2.20. The van der Waals surface area contributed by atoms with E-state index in [0.29, 0.717) is 11.3 Å². The molecule has 0 aromatic heterocycles. The molecule has 1 saturated heterocycles. The summed E-state index contributed by atoms with van der Waals surface area (Å²) in [6.45, 7) is 1.89. The van der Waals surface area contributed by atoms with Gasteiger partial charge >= 0.3 is 6.09 Å². The molecule has 1 aliphatic rings. The Balaban J connectivity index is 1.68. The van der Waals surface area contributed by atoms with Gasteiger partial charge in [0.2, 0.25) is 5.91 Å². The highest BCUT2D eigenvalue weighted by Gasteiger charge is 2.40. The number of carbonyl (C=O) groups is 2. The third kappa shape index (κ3) is 4.79. The van der Waals surface area contributed by atoms with Crippen molar-refractivity contribution in [1.82, 2.24) is 10.6 Å². The molecule has 0 radical (unpaired) electrons. The van der Waals surface area contributed by atoms with Crippen LogP contribution in [-0.4, -0.2) is 38.3 Å². The van der Waals surface area contributed by atoms with Crippen molar-refractivity contribution in [3.8, 4) is 11.5 Å². The van der Waals surface area contributed by atoms with Crippen molar-refractivity contribution in [2.75, 3.05) is 20.3 Å². The van der Waals surface area contributed by atoms with Crippen LogP contribution >= 0.6 is 0 Å². The summed E-state index contributed by atoms with van der Waals surface area (Å²) in [6.07, 6.45) is -0.871. The molecule has 2 N–H and O–H groups in total. The third-order valence-electron chi connectivity index (χ3n) is 4.72. The van der Waals surface area contributed by atoms with Crippen LogP contribution in [-0.2, 0) is 16.1 Å². The van der Waals surface area contributed by atoms with Crippen LogP contribution < -0.4 is 20.1 Å². The molecule has 0 saturated carbocycles. The van der Waals surface area contributed by atoms with Gasteiger partial charge < -0.3 is 24.8 Å². The monoisotopic (exact) mass is 420 g/mol. The number of hydrogen-bond donors (Lipinski definition) is 2. The van der Waals surface area contributed by atoms with E-state index in [9.17, 15) is 18.4 Å². The van der Waals surface area contributed by atoms with E-state index in [-0.39, 0.29) is 31.1 Å². The second kappa shape index (κ2) is 9.43. The van der Waals surface area contributed by atoms with Crippen LogP contribution in [0.1, 0.15) is 24.0 Å². The minimum absolute atomic E-state index is 0.0237. The molecule has 3 rings (SSSR count). The predicted molar refractivity (Wildman–Crippen MR) is 103 cm³/mol. The lowest BCUT2D eigenvalue weighted by atomic mass is 9.93. The Morgan fingerprint density at radius 1 is 1.17 bits per heavy atom. The van der Waals surface area contributed by atoms with Gasteiger partial charge in [0, 0.05) is 30.2 Å². The van der Waals surface area contributed by atoms with E-state index < -0.39 is 35.6 Å². The second-order valence-electron chi connectivity index (χ2n) is 6.63. The zero-order chi connectivity index (χ0) is 21.7. The number of alkyl carbamates (subject to hydrolysis) is 1. The molecule has 0 aliphatic carbocycles. The quantitative estimate of drug-likeness (QED) is 0.720. The Morgan fingerprint density at radius 2 is 1.83 bits per heavy atom. The average molecular weight is 420 g/mol. The van der Waals surface area contributed by atoms with Gasteiger partial charge in [0.25, 0.3) is 0 Å². The third-order valence-corrected chi connectivity index (χ3v) is 4.72. The Labute approximate surface area is 172 Å². The van der Waals surface area contributed by atoms with E-state index in [1.165, 1.54) is 7.11 Å². The fraction of sp³-hybridized carbons (Fsp3) is 0.333. The maximum Gasteiger partial charge on any atom is 0.408 e. The Hall–Kier alpha value is -3.36. The topological polar surface area (TPSA) is 85.9 Å². The SMILES string of the molecule is CCOc1cc(F)c([C@@H]2CNC(=O)[C@H]2NC(=O)OCc2ccc(OC)cc2)c(F)c1. The maximum absolute atomic E-state index is 14.5. The van der Waals surface area contributed by atoms with Crippen LogP contribution in [0.3, 0.4) is 0 Å².